The molecule has 0 amide bonds. The van der Waals surface area contributed by atoms with Crippen LogP contribution in [0.4, 0.5) is 0 Å². The predicted molar refractivity (Wildman–Crippen MR) is 85.8 cm³/mol. The number of ether oxygens (including phenoxy) is 1. The summed E-state index contributed by atoms with van der Waals surface area (Å²) in [5.41, 5.74) is 1.16. The third-order valence-electron chi connectivity index (χ3n) is 3.18. The highest BCUT2D eigenvalue weighted by Crippen LogP contribution is 2.13. The van der Waals surface area contributed by atoms with Crippen LogP contribution in [0.5, 0.6) is 0 Å². The van der Waals surface area contributed by atoms with Crippen LogP contribution in [0.1, 0.15) is 46.6 Å². The predicted octanol–water partition coefficient (Wildman–Crippen LogP) is 3.42. The van der Waals surface area contributed by atoms with Crippen LogP contribution in [0, 0.1) is 0 Å². The largest absolute Gasteiger partial charge is 0.372 e. The van der Waals surface area contributed by atoms with Crippen molar-refractivity contribution < 1.29 is 8.95 Å². The highest BCUT2D eigenvalue weighted by Gasteiger charge is 2.25. The molecule has 1 rings (SSSR count). The van der Waals surface area contributed by atoms with Crippen molar-refractivity contribution in [3.63, 3.8) is 0 Å². The lowest BCUT2D eigenvalue weighted by Gasteiger charge is -2.27. The van der Waals surface area contributed by atoms with E-state index in [9.17, 15) is 4.21 Å². The zero-order valence-electron chi connectivity index (χ0n) is 13.2. The summed E-state index contributed by atoms with van der Waals surface area (Å²) in [5.74, 6) is 0. The first-order valence-electron chi connectivity index (χ1n) is 7.18. The van der Waals surface area contributed by atoms with Gasteiger partial charge in [-0.05, 0) is 39.7 Å². The van der Waals surface area contributed by atoms with Gasteiger partial charge in [-0.15, -0.1) is 0 Å². The minimum absolute atomic E-state index is 0.0199. The van der Waals surface area contributed by atoms with Crippen LogP contribution < -0.4 is 4.72 Å². The molecule has 3 nitrogen and oxygen atoms in total. The maximum Gasteiger partial charge on any atom is 0.0973 e. The maximum atomic E-state index is 12.2. The first-order chi connectivity index (χ1) is 9.34. The number of hydrogen-bond donors (Lipinski definition) is 1. The van der Waals surface area contributed by atoms with Gasteiger partial charge in [0.05, 0.1) is 28.4 Å². The van der Waals surface area contributed by atoms with E-state index in [0.717, 1.165) is 12.0 Å². The second-order valence-corrected chi connectivity index (χ2v) is 8.01. The van der Waals surface area contributed by atoms with Gasteiger partial charge in [-0.3, -0.25) is 0 Å². The van der Waals surface area contributed by atoms with E-state index in [2.05, 4.69) is 23.8 Å². The highest BCUT2D eigenvalue weighted by atomic mass is 32.2. The summed E-state index contributed by atoms with van der Waals surface area (Å²) < 4.78 is 21.0. The van der Waals surface area contributed by atoms with Crippen LogP contribution >= 0.6 is 0 Å². The minimum Gasteiger partial charge on any atom is -0.372 e. The number of hydrogen-bond acceptors (Lipinski definition) is 2. The molecule has 0 spiro atoms. The molecule has 0 aliphatic carbocycles. The van der Waals surface area contributed by atoms with E-state index in [1.807, 2.05) is 45.9 Å². The molecule has 0 heterocycles. The fourth-order valence-corrected chi connectivity index (χ4v) is 2.73. The summed E-state index contributed by atoms with van der Waals surface area (Å²) in [7, 11) is -1.07. The van der Waals surface area contributed by atoms with Gasteiger partial charge in [-0.25, -0.2) is 8.93 Å². The van der Waals surface area contributed by atoms with Crippen molar-refractivity contribution in [2.24, 2.45) is 0 Å². The zero-order chi connectivity index (χ0) is 15.2. The van der Waals surface area contributed by atoms with Crippen molar-refractivity contribution >= 4 is 11.0 Å². The fraction of sp³-hybridized carbons (Fsp3) is 0.625. The lowest BCUT2D eigenvalue weighted by atomic mass is 10.1. The second kappa shape index (κ2) is 7.91. The number of rotatable bonds is 7. The molecule has 0 radical (unpaired) electrons. The Balaban J connectivity index is 2.51. The Morgan fingerprint density at radius 1 is 1.25 bits per heavy atom. The molecule has 0 unspecified atom stereocenters. The molecular formula is C16H27NO2S. The summed E-state index contributed by atoms with van der Waals surface area (Å²) >= 11 is 0. The van der Waals surface area contributed by atoms with Crippen molar-refractivity contribution in [1.82, 2.24) is 4.72 Å². The normalized spacial score (nSPS) is 16.6. The van der Waals surface area contributed by atoms with E-state index in [-0.39, 0.29) is 16.9 Å². The van der Waals surface area contributed by atoms with Gasteiger partial charge in [0.25, 0.3) is 0 Å². The average Bonchev–Trinajstić information content (AvgIpc) is 2.41. The molecule has 0 bridgehead atoms. The minimum atomic E-state index is -1.07. The number of nitrogens with one attached hydrogen (secondary N) is 1. The summed E-state index contributed by atoms with van der Waals surface area (Å²) in [5, 5.41) is 0. The lowest BCUT2D eigenvalue weighted by Crippen LogP contribution is -2.45. The van der Waals surface area contributed by atoms with Gasteiger partial charge >= 0.3 is 0 Å². The number of benzene rings is 1. The quantitative estimate of drug-likeness (QED) is 0.837. The lowest BCUT2D eigenvalue weighted by molar-refractivity contribution is 0.0317. The Kier molecular flexibility index (Phi) is 6.86. The molecule has 4 heteroatoms. The SMILES string of the molecule is CC[C@@H](N[S@@](=O)C(C)(C)C)[C@H](C)OCc1ccccc1. The Morgan fingerprint density at radius 3 is 2.35 bits per heavy atom. The molecule has 0 saturated heterocycles. The van der Waals surface area contributed by atoms with E-state index in [1.54, 1.807) is 0 Å². The molecule has 0 aromatic heterocycles. The Bertz CT molecular complexity index is 414. The monoisotopic (exact) mass is 297 g/mol. The van der Waals surface area contributed by atoms with E-state index in [4.69, 9.17) is 4.74 Å². The topological polar surface area (TPSA) is 38.3 Å². The molecule has 1 aromatic carbocycles. The van der Waals surface area contributed by atoms with E-state index in [1.165, 1.54) is 0 Å². The van der Waals surface area contributed by atoms with Gasteiger partial charge < -0.3 is 4.74 Å². The average molecular weight is 297 g/mol. The molecule has 0 saturated carbocycles. The third-order valence-corrected chi connectivity index (χ3v) is 4.81. The van der Waals surface area contributed by atoms with Crippen LogP contribution in [-0.2, 0) is 22.3 Å². The van der Waals surface area contributed by atoms with Gasteiger partial charge in [-0.1, -0.05) is 37.3 Å². The van der Waals surface area contributed by atoms with Gasteiger partial charge in [0.2, 0.25) is 0 Å². The third kappa shape index (κ3) is 5.73. The van der Waals surface area contributed by atoms with Crippen LogP contribution in [0.15, 0.2) is 30.3 Å². The van der Waals surface area contributed by atoms with Crippen LogP contribution in [0.3, 0.4) is 0 Å². The Morgan fingerprint density at radius 2 is 1.85 bits per heavy atom. The molecule has 1 N–H and O–H groups in total. The van der Waals surface area contributed by atoms with Crippen LogP contribution in [-0.4, -0.2) is 21.1 Å². The molecule has 114 valence electrons. The first kappa shape index (κ1) is 17.3. The van der Waals surface area contributed by atoms with Crippen molar-refractivity contribution in [3.8, 4) is 0 Å². The highest BCUT2D eigenvalue weighted by molar-refractivity contribution is 7.84. The molecule has 1 aromatic rings. The van der Waals surface area contributed by atoms with E-state index < -0.39 is 11.0 Å². The van der Waals surface area contributed by atoms with Gasteiger partial charge in [-0.2, -0.15) is 0 Å². The second-order valence-electron chi connectivity index (χ2n) is 6.02. The molecule has 20 heavy (non-hydrogen) atoms. The Labute approximate surface area is 125 Å². The molecule has 0 aliphatic rings. The van der Waals surface area contributed by atoms with Crippen molar-refractivity contribution in [1.29, 1.82) is 0 Å². The fourth-order valence-electron chi connectivity index (χ4n) is 1.74. The van der Waals surface area contributed by atoms with Crippen molar-refractivity contribution in [3.05, 3.63) is 35.9 Å². The molecule has 0 aliphatic heterocycles. The standard InChI is InChI=1S/C16H27NO2S/c1-6-15(17-20(18)16(3,4)5)13(2)19-12-14-10-8-7-9-11-14/h7-11,13,15,17H,6,12H2,1-5H3/t13-,15+,20-/m0/s1. The van der Waals surface area contributed by atoms with E-state index >= 15 is 0 Å². The summed E-state index contributed by atoms with van der Waals surface area (Å²) in [6.45, 7) is 10.6. The van der Waals surface area contributed by atoms with Gasteiger partial charge in [0, 0.05) is 6.04 Å². The van der Waals surface area contributed by atoms with E-state index in [0.29, 0.717) is 6.61 Å². The molecular weight excluding hydrogens is 270 g/mol. The zero-order valence-corrected chi connectivity index (χ0v) is 14.0. The van der Waals surface area contributed by atoms with Gasteiger partial charge in [0.15, 0.2) is 0 Å². The van der Waals surface area contributed by atoms with Crippen LogP contribution in [0.25, 0.3) is 0 Å². The molecule has 3 atom stereocenters. The van der Waals surface area contributed by atoms with Crippen molar-refractivity contribution in [2.75, 3.05) is 0 Å². The van der Waals surface area contributed by atoms with Gasteiger partial charge in [0.1, 0.15) is 0 Å². The van der Waals surface area contributed by atoms with Crippen LogP contribution in [0.2, 0.25) is 0 Å². The maximum absolute atomic E-state index is 12.2. The molecule has 0 fully saturated rings. The Hall–Kier alpha value is -0.710. The summed E-state index contributed by atoms with van der Waals surface area (Å²) in [6, 6.07) is 10.2. The summed E-state index contributed by atoms with van der Waals surface area (Å²) in [6.07, 6.45) is 0.907. The smallest absolute Gasteiger partial charge is 0.0973 e. The first-order valence-corrected chi connectivity index (χ1v) is 8.33. The van der Waals surface area contributed by atoms with Crippen molar-refractivity contribution in [2.45, 2.75) is 64.5 Å². The summed E-state index contributed by atoms with van der Waals surface area (Å²) in [4.78, 5) is 0.